The molecule has 0 aliphatic rings. The standard InChI is InChI=1S/C21H19N3O2S/c1-3-13-10-16(19(26)11-18(13)25)20-22-23-21(27)24(20)17-6-4-5-14-9-12(2)7-8-15(14)17/h4-11,25-26H,3H2,1-2H3,(H,23,27). The number of aromatic nitrogens is 3. The Balaban J connectivity index is 2.02. The molecule has 1 heterocycles. The van der Waals surface area contributed by atoms with Crippen molar-refractivity contribution in [3.63, 3.8) is 0 Å². The lowest BCUT2D eigenvalue weighted by Gasteiger charge is -2.13. The highest BCUT2D eigenvalue weighted by Gasteiger charge is 2.18. The molecule has 0 atom stereocenters. The SMILES string of the molecule is CCc1cc(-c2n[nH]c(=S)n2-c2cccc3cc(C)ccc23)c(O)cc1O. The van der Waals surface area contributed by atoms with E-state index in [4.69, 9.17) is 12.2 Å². The van der Waals surface area contributed by atoms with E-state index in [-0.39, 0.29) is 11.5 Å². The number of aromatic amines is 1. The minimum atomic E-state index is -0.0453. The van der Waals surface area contributed by atoms with Crippen molar-refractivity contribution in [1.29, 1.82) is 0 Å². The van der Waals surface area contributed by atoms with Gasteiger partial charge in [0.15, 0.2) is 10.6 Å². The molecule has 4 rings (SSSR count). The third-order valence-corrected chi connectivity index (χ3v) is 5.02. The van der Waals surface area contributed by atoms with E-state index in [1.807, 2.05) is 23.6 Å². The second kappa shape index (κ2) is 6.55. The quantitative estimate of drug-likeness (QED) is 0.438. The average Bonchev–Trinajstić information content (AvgIpc) is 3.02. The summed E-state index contributed by atoms with van der Waals surface area (Å²) in [5, 5.41) is 29.8. The van der Waals surface area contributed by atoms with Crippen LogP contribution >= 0.6 is 12.2 Å². The van der Waals surface area contributed by atoms with Crippen LogP contribution in [0.5, 0.6) is 11.5 Å². The predicted molar refractivity (Wildman–Crippen MR) is 109 cm³/mol. The second-order valence-corrected chi connectivity index (χ2v) is 6.93. The normalized spacial score (nSPS) is 11.2. The monoisotopic (exact) mass is 377 g/mol. The fourth-order valence-corrected chi connectivity index (χ4v) is 3.60. The van der Waals surface area contributed by atoms with Crippen molar-refractivity contribution >= 4 is 23.0 Å². The van der Waals surface area contributed by atoms with Crippen molar-refractivity contribution in [3.8, 4) is 28.6 Å². The van der Waals surface area contributed by atoms with Gasteiger partial charge in [0.05, 0.1) is 11.3 Å². The minimum Gasteiger partial charge on any atom is -0.508 e. The molecule has 1 aromatic heterocycles. The van der Waals surface area contributed by atoms with Gasteiger partial charge in [-0.05, 0) is 48.6 Å². The summed E-state index contributed by atoms with van der Waals surface area (Å²) in [6, 6.07) is 15.4. The summed E-state index contributed by atoms with van der Waals surface area (Å²) in [4.78, 5) is 0. The molecule has 0 amide bonds. The Kier molecular flexibility index (Phi) is 4.20. The van der Waals surface area contributed by atoms with Crippen LogP contribution in [-0.2, 0) is 6.42 Å². The van der Waals surface area contributed by atoms with E-state index >= 15 is 0 Å². The number of aryl methyl sites for hydroxylation is 2. The second-order valence-electron chi connectivity index (χ2n) is 6.54. The average molecular weight is 377 g/mol. The molecule has 0 bridgehead atoms. The highest BCUT2D eigenvalue weighted by molar-refractivity contribution is 7.71. The Morgan fingerprint density at radius 2 is 1.89 bits per heavy atom. The van der Waals surface area contributed by atoms with Crippen LogP contribution in [0, 0.1) is 11.7 Å². The summed E-state index contributed by atoms with van der Waals surface area (Å²) in [6.45, 7) is 4.00. The van der Waals surface area contributed by atoms with Crippen molar-refractivity contribution in [1.82, 2.24) is 14.8 Å². The van der Waals surface area contributed by atoms with Gasteiger partial charge in [-0.15, -0.1) is 0 Å². The first-order valence-electron chi connectivity index (χ1n) is 8.72. The van der Waals surface area contributed by atoms with E-state index in [1.165, 1.54) is 11.6 Å². The zero-order chi connectivity index (χ0) is 19.1. The Hall–Kier alpha value is -3.12. The molecule has 0 aliphatic heterocycles. The fourth-order valence-electron chi connectivity index (χ4n) is 3.37. The van der Waals surface area contributed by atoms with E-state index in [1.54, 1.807) is 6.07 Å². The number of hydrogen-bond acceptors (Lipinski definition) is 4. The van der Waals surface area contributed by atoms with Crippen molar-refractivity contribution < 1.29 is 10.2 Å². The van der Waals surface area contributed by atoms with E-state index in [0.29, 0.717) is 22.6 Å². The molecule has 0 radical (unpaired) electrons. The summed E-state index contributed by atoms with van der Waals surface area (Å²) in [5.74, 6) is 0.524. The zero-order valence-corrected chi connectivity index (χ0v) is 15.8. The molecule has 0 saturated heterocycles. The summed E-state index contributed by atoms with van der Waals surface area (Å²) >= 11 is 5.49. The molecule has 0 unspecified atom stereocenters. The molecule has 0 spiro atoms. The Morgan fingerprint density at radius 1 is 1.07 bits per heavy atom. The number of H-pyrrole nitrogens is 1. The van der Waals surface area contributed by atoms with Crippen LogP contribution in [0.25, 0.3) is 27.8 Å². The first-order valence-corrected chi connectivity index (χ1v) is 9.13. The smallest absolute Gasteiger partial charge is 0.200 e. The molecule has 5 nitrogen and oxygen atoms in total. The van der Waals surface area contributed by atoms with E-state index in [2.05, 4.69) is 41.4 Å². The number of rotatable bonds is 3. The van der Waals surface area contributed by atoms with Crippen molar-refractivity contribution in [2.45, 2.75) is 20.3 Å². The van der Waals surface area contributed by atoms with E-state index in [0.717, 1.165) is 22.0 Å². The number of nitrogens with zero attached hydrogens (tertiary/aromatic N) is 2. The third-order valence-electron chi connectivity index (χ3n) is 4.74. The molecule has 0 saturated carbocycles. The van der Waals surface area contributed by atoms with Gasteiger partial charge in [0.2, 0.25) is 0 Å². The number of aromatic hydroxyl groups is 2. The number of nitrogens with one attached hydrogen (secondary N) is 1. The van der Waals surface area contributed by atoms with Crippen LogP contribution in [0.15, 0.2) is 48.5 Å². The zero-order valence-electron chi connectivity index (χ0n) is 15.0. The molecular weight excluding hydrogens is 358 g/mol. The lowest BCUT2D eigenvalue weighted by Crippen LogP contribution is -2.00. The molecule has 27 heavy (non-hydrogen) atoms. The first-order chi connectivity index (χ1) is 13.0. The van der Waals surface area contributed by atoms with Gasteiger partial charge in [-0.3, -0.25) is 9.67 Å². The van der Waals surface area contributed by atoms with Gasteiger partial charge >= 0.3 is 0 Å². The molecule has 6 heteroatoms. The van der Waals surface area contributed by atoms with Crippen molar-refractivity contribution in [2.75, 3.05) is 0 Å². The Labute approximate surface area is 161 Å². The topological polar surface area (TPSA) is 74.1 Å². The minimum absolute atomic E-state index is 0.0453. The van der Waals surface area contributed by atoms with Crippen LogP contribution in [0.2, 0.25) is 0 Å². The lowest BCUT2D eigenvalue weighted by atomic mass is 10.0. The molecule has 4 aromatic rings. The maximum absolute atomic E-state index is 10.4. The van der Waals surface area contributed by atoms with Crippen molar-refractivity contribution in [2.24, 2.45) is 0 Å². The highest BCUT2D eigenvalue weighted by Crippen LogP contribution is 2.36. The summed E-state index contributed by atoms with van der Waals surface area (Å²) in [6.07, 6.45) is 0.637. The predicted octanol–water partition coefficient (Wildman–Crippen LogP) is 5.03. The number of phenols is 2. The molecule has 0 aliphatic carbocycles. The highest BCUT2D eigenvalue weighted by atomic mass is 32.1. The molecule has 3 aromatic carbocycles. The van der Waals surface area contributed by atoms with E-state index in [9.17, 15) is 10.2 Å². The van der Waals surface area contributed by atoms with Gasteiger partial charge in [0, 0.05) is 11.5 Å². The fraction of sp³-hybridized carbons (Fsp3) is 0.143. The maximum atomic E-state index is 10.4. The summed E-state index contributed by atoms with van der Waals surface area (Å²) in [7, 11) is 0. The van der Waals surface area contributed by atoms with Gasteiger partial charge in [0.1, 0.15) is 11.5 Å². The van der Waals surface area contributed by atoms with Crippen LogP contribution in [0.3, 0.4) is 0 Å². The largest absolute Gasteiger partial charge is 0.508 e. The van der Waals surface area contributed by atoms with Crippen molar-refractivity contribution in [3.05, 3.63) is 64.4 Å². The lowest BCUT2D eigenvalue weighted by molar-refractivity contribution is 0.447. The molecule has 136 valence electrons. The van der Waals surface area contributed by atoms with Gasteiger partial charge in [-0.1, -0.05) is 42.8 Å². The molecule has 0 fully saturated rings. The van der Waals surface area contributed by atoms with E-state index < -0.39 is 0 Å². The van der Waals surface area contributed by atoms with Crippen LogP contribution in [0.1, 0.15) is 18.1 Å². The van der Waals surface area contributed by atoms with Crippen LogP contribution in [0.4, 0.5) is 0 Å². The van der Waals surface area contributed by atoms with Gasteiger partial charge in [-0.2, -0.15) is 5.10 Å². The Bertz CT molecular complexity index is 1220. The van der Waals surface area contributed by atoms with Crippen LogP contribution < -0.4 is 0 Å². The maximum Gasteiger partial charge on any atom is 0.200 e. The number of fused-ring (bicyclic) bond motifs is 1. The Morgan fingerprint density at radius 3 is 2.67 bits per heavy atom. The number of hydrogen-bond donors (Lipinski definition) is 3. The van der Waals surface area contributed by atoms with Crippen LogP contribution in [-0.4, -0.2) is 25.0 Å². The van der Waals surface area contributed by atoms with Gasteiger partial charge in [-0.25, -0.2) is 0 Å². The molecule has 3 N–H and O–H groups in total. The molecular formula is C21H19N3O2S. The number of phenolic OH excluding ortho intramolecular Hbond substituents is 2. The summed E-state index contributed by atoms with van der Waals surface area (Å²) < 4.78 is 2.25. The first kappa shape index (κ1) is 17.3. The summed E-state index contributed by atoms with van der Waals surface area (Å²) in [5.41, 5.74) is 3.31. The third kappa shape index (κ3) is 2.88. The number of benzene rings is 3. The van der Waals surface area contributed by atoms with Gasteiger partial charge < -0.3 is 10.2 Å². The van der Waals surface area contributed by atoms with Gasteiger partial charge in [0.25, 0.3) is 0 Å².